The summed E-state index contributed by atoms with van der Waals surface area (Å²) in [4.78, 5) is 240. The van der Waals surface area contributed by atoms with E-state index in [2.05, 4.69) is 77.6 Å². The van der Waals surface area contributed by atoms with Crippen LogP contribution in [0, 0.1) is 102 Å². The maximum absolute atomic E-state index is 14.6. The predicted octanol–water partition coefficient (Wildman–Crippen LogP) is 7.70. The van der Waals surface area contributed by atoms with Gasteiger partial charge in [-0.05, 0) is 179 Å². The van der Waals surface area contributed by atoms with Crippen LogP contribution in [0.25, 0.3) is 0 Å². The molecule has 143 heavy (non-hydrogen) atoms. The minimum absolute atomic E-state index is 0.0600. The molecule has 9 fully saturated rings. The zero-order chi connectivity index (χ0) is 107. The van der Waals surface area contributed by atoms with Crippen molar-refractivity contribution in [2.75, 3.05) is 51.8 Å². The van der Waals surface area contributed by atoms with Gasteiger partial charge in [0.2, 0.25) is 52.8 Å². The molecular weight excluding hydrogens is 1840 g/mol. The number of Topliss-reactive ketones (excluding diaryl/α,β-unsaturated/α-hetero) is 3. The van der Waals surface area contributed by atoms with Gasteiger partial charge in [0.25, 0.3) is 17.7 Å². The van der Waals surface area contributed by atoms with Gasteiger partial charge in [0.1, 0.15) is 56.1 Å². The quantitative estimate of drug-likeness (QED) is 0.0232. The van der Waals surface area contributed by atoms with Crippen LogP contribution in [0.4, 0.5) is 34.5 Å². The molecule has 3 aliphatic heterocycles. The highest BCUT2D eigenvalue weighted by molar-refractivity contribution is 6.39. The number of urea groups is 3. The molecule has 0 radical (unpaired) electrons. The minimum atomic E-state index is -1.11. The van der Waals surface area contributed by atoms with E-state index in [4.69, 9.17) is 31.4 Å². The molecule has 12 rings (SSSR count). The molecule has 10 aliphatic rings. The number of carbonyl (C=O) groups excluding carboxylic acids is 18. The molecule has 0 bridgehead atoms. The van der Waals surface area contributed by atoms with Crippen molar-refractivity contribution in [1.82, 2.24) is 73.2 Å². The number of para-hydroxylation sites is 1. The topological polar surface area (TPSA) is 567 Å². The number of rotatable bonds is 35. The number of anilines is 1. The van der Waals surface area contributed by atoms with Crippen LogP contribution in [0.15, 0.2) is 54.6 Å². The number of nitrogens with two attached hydrogens (primary N) is 3. The van der Waals surface area contributed by atoms with E-state index in [-0.39, 0.29) is 101 Å². The van der Waals surface area contributed by atoms with Gasteiger partial charge in [0.05, 0.1) is 36.3 Å². The van der Waals surface area contributed by atoms with Crippen molar-refractivity contribution in [1.29, 1.82) is 0 Å². The molecule has 3 heterocycles. The molecule has 18 N–H and O–H groups in total. The van der Waals surface area contributed by atoms with Crippen LogP contribution >= 0.6 is 0 Å². The van der Waals surface area contributed by atoms with E-state index >= 15 is 0 Å². The molecule has 18 amide bonds. The lowest BCUT2D eigenvalue weighted by Crippen LogP contribution is -2.62. The molecule has 6 saturated carbocycles. The summed E-state index contributed by atoms with van der Waals surface area (Å²) >= 11 is 0. The lowest BCUT2D eigenvalue weighted by molar-refractivity contribution is -0.145. The summed E-state index contributed by atoms with van der Waals surface area (Å²) in [6, 6.07) is 4.38. The van der Waals surface area contributed by atoms with Crippen LogP contribution in [0.1, 0.15) is 242 Å². The molecule has 792 valence electrons. The van der Waals surface area contributed by atoms with Gasteiger partial charge in [-0.25, -0.2) is 28.8 Å². The Balaban J connectivity index is 0.000000220. The van der Waals surface area contributed by atoms with Gasteiger partial charge in [-0.15, -0.1) is 0 Å². The van der Waals surface area contributed by atoms with Gasteiger partial charge in [-0.3, -0.25) is 62.9 Å². The summed E-state index contributed by atoms with van der Waals surface area (Å²) in [7, 11) is 1.45. The first kappa shape index (κ1) is 113. The fourth-order valence-electron chi connectivity index (χ4n) is 21.0. The molecule has 7 aliphatic carbocycles. The summed E-state index contributed by atoms with van der Waals surface area (Å²) < 4.78 is 16.1. The second-order valence-corrected chi connectivity index (χ2v) is 49.5. The molecule has 39 nitrogen and oxygen atoms in total. The van der Waals surface area contributed by atoms with Crippen LogP contribution in [0.3, 0.4) is 0 Å². The van der Waals surface area contributed by atoms with E-state index in [9.17, 15) is 86.3 Å². The number of carbonyl (C=O) groups is 18. The number of ether oxygens (including phenoxy) is 3. The maximum atomic E-state index is 14.6. The molecule has 3 saturated heterocycles. The SMILES string of the molecule is CC(C)(C)NC(=O)OC[C@@H](NC(=O)N[C@H](C(=O)N1C[C@H]2[C@@H]([C@H]1C(=O)NC(CC1CCC1)C(=O)C(N)=O)C2(C)C)C(C)(C)C)C(C)(C)C.CC(C)(C)[C@H](NC(=O)N[C@H](COC(=O)Nc1ccccc1)C(C)(C)C)C(=O)N1C[C@H]2[C@@H]([C@H]1C(=O)NC(CC1CC1)C(=O)C(N)=O)C2(C)C.CNC(=O)OC[C@@H](NC(=O)N[C@H](C(=O)N1C[C@H]2[C@@H]([C@H]1C(=O)NC(CC1CC1)C(=O)C(N)=O)C2(C)C)C1Cc2ccccc2C1)C(C)(C)C. The van der Waals surface area contributed by atoms with Gasteiger partial charge in [0, 0.05) is 37.9 Å². The van der Waals surface area contributed by atoms with Crippen LogP contribution < -0.4 is 81.0 Å². The number of primary amides is 3. The first-order valence-corrected chi connectivity index (χ1v) is 50.5. The monoisotopic (exact) mass is 2000 g/mol. The third kappa shape index (κ3) is 28.7. The van der Waals surface area contributed by atoms with Crippen molar-refractivity contribution in [3.05, 3.63) is 65.7 Å². The molecular formula is C104H160N18O21. The highest BCUT2D eigenvalue weighted by Crippen LogP contribution is 2.67. The van der Waals surface area contributed by atoms with Crippen LogP contribution in [0.5, 0.6) is 0 Å². The summed E-state index contributed by atoms with van der Waals surface area (Å²) in [5, 5.41) is 33.4. The van der Waals surface area contributed by atoms with E-state index in [1.165, 1.54) is 16.8 Å². The Bertz CT molecular complexity index is 5080. The molecule has 0 spiro atoms. The molecule has 2 aromatic rings. The van der Waals surface area contributed by atoms with Gasteiger partial charge in [0.15, 0.2) is 0 Å². The number of fused-ring (bicyclic) bond motifs is 4. The van der Waals surface area contributed by atoms with Gasteiger partial charge in [-0.1, -0.05) is 233 Å². The first-order chi connectivity index (χ1) is 66.1. The Morgan fingerprint density at radius 2 is 0.685 bits per heavy atom. The Morgan fingerprint density at radius 3 is 0.979 bits per heavy atom. The van der Waals surface area contributed by atoms with Crippen molar-refractivity contribution >= 4 is 113 Å². The van der Waals surface area contributed by atoms with Crippen molar-refractivity contribution in [3.8, 4) is 0 Å². The van der Waals surface area contributed by atoms with E-state index in [1.807, 2.05) is 183 Å². The Morgan fingerprint density at radius 1 is 0.378 bits per heavy atom. The van der Waals surface area contributed by atoms with Crippen LogP contribution in [-0.2, 0) is 84.6 Å². The van der Waals surface area contributed by atoms with Crippen molar-refractivity contribution in [2.45, 2.75) is 321 Å². The number of piperidine rings is 3. The first-order valence-electron chi connectivity index (χ1n) is 50.5. The predicted molar refractivity (Wildman–Crippen MR) is 532 cm³/mol. The summed E-state index contributed by atoms with van der Waals surface area (Å²) in [5.41, 5.74) is 14.6. The summed E-state index contributed by atoms with van der Waals surface area (Å²) in [6.07, 6.45) is 6.72. The highest BCUT2D eigenvalue weighted by atomic mass is 16.6. The molecule has 0 aromatic heterocycles. The Labute approximate surface area is 840 Å². The van der Waals surface area contributed by atoms with Crippen LogP contribution in [-0.4, -0.2) is 246 Å². The smallest absolute Gasteiger partial charge is 0.411 e. The average Bonchev–Trinajstić information content (AvgIpc) is 1.53. The molecule has 3 unspecified atom stereocenters. The maximum Gasteiger partial charge on any atom is 0.411 e. The average molecular weight is 2000 g/mol. The van der Waals surface area contributed by atoms with Gasteiger partial charge >= 0.3 is 36.4 Å². The van der Waals surface area contributed by atoms with Crippen molar-refractivity contribution < 1.29 is 101 Å². The lowest BCUT2D eigenvalue weighted by Gasteiger charge is -2.39. The number of hydrogen-bond donors (Lipinski definition) is 15. The highest BCUT2D eigenvalue weighted by Gasteiger charge is 2.73. The summed E-state index contributed by atoms with van der Waals surface area (Å²) in [5.74, 6) is -8.37. The normalized spacial score (nSPS) is 23.8. The molecule has 18 atom stereocenters. The number of amides is 18. The van der Waals surface area contributed by atoms with E-state index in [1.54, 1.807) is 29.2 Å². The molecule has 2 aromatic carbocycles. The fourth-order valence-corrected chi connectivity index (χ4v) is 21.0. The van der Waals surface area contributed by atoms with Crippen molar-refractivity contribution in [2.24, 2.45) is 120 Å². The zero-order valence-electron chi connectivity index (χ0n) is 88.3. The second kappa shape index (κ2) is 44.1. The minimum Gasteiger partial charge on any atom is -0.447 e. The Hall–Kier alpha value is -11.7. The van der Waals surface area contributed by atoms with E-state index in [0.29, 0.717) is 57.4 Å². The number of benzene rings is 2. The number of nitrogens with zero attached hydrogens (tertiary/aromatic N) is 3. The number of ketones is 3. The largest absolute Gasteiger partial charge is 0.447 e. The van der Waals surface area contributed by atoms with Crippen LogP contribution in [0.2, 0.25) is 0 Å². The zero-order valence-corrected chi connectivity index (χ0v) is 88.3. The van der Waals surface area contributed by atoms with Gasteiger partial charge < -0.3 is 105 Å². The van der Waals surface area contributed by atoms with E-state index < -0.39 is 206 Å². The summed E-state index contributed by atoms with van der Waals surface area (Å²) in [6.45, 7) is 46.5. The third-order valence-electron chi connectivity index (χ3n) is 31.0. The molecule has 39 heteroatoms. The van der Waals surface area contributed by atoms with E-state index in [0.717, 1.165) is 56.1 Å². The van der Waals surface area contributed by atoms with Gasteiger partial charge in [-0.2, -0.15) is 0 Å². The third-order valence-corrected chi connectivity index (χ3v) is 31.0. The standard InChI is InChI=1S/C35H50N6O7.C35H52N6O7.C34H58N6O7/c1-34(2,3)24(17-48-33(47)37-6)39-32(46)40-26(21-14-19-9-7-8-10-20(19)15-21)31(45)41-16-22-25(35(22,4)5)27(41)30(44)38-23(13-18-11-12-18)28(42)29(36)43;1-33(2,3)23(18-48-32(47)37-20-12-10-9-11-13-20)39-31(46)40-27(34(4,5)6)30(45)41-17-21-24(35(21,7)8)25(41)29(44)38-22(16-19-14-15-19)26(42)28(36)43;1-31(2,3)21(17-47-30(46)39-33(7,8)9)37-29(45)38-25(32(4,5)6)28(44)40-16-19-22(34(19,10)11)23(40)27(43)36-20(24(41)26(35)42)15-18-13-12-14-18/h7-10,18,21-27H,11-17H2,1-6H3,(H2,36,43)(H,37,47)(H,38,44)(H2,39,40,46);9-13,19,21-25,27H,14-18H2,1-8H3,(H2,36,43)(H,37,47)(H,38,44)(H2,39,40,46);18-23,25H,12-17H2,1-11H3,(H2,35,42)(H,36,43)(H,39,46)(H2,37,38,45)/t22-,23?,24+,25-,26-,27-;21-,22?,23+,24-,25-,27+;19-,20?,21+,22-,23-,25+/m000/s1. The Kier molecular flexibility index (Phi) is 34.9. The second-order valence-electron chi connectivity index (χ2n) is 49.5. The van der Waals surface area contributed by atoms with Crippen molar-refractivity contribution in [3.63, 3.8) is 0 Å². The lowest BCUT2D eigenvalue weighted by atomic mass is 9.80. The number of likely N-dealkylation sites (tertiary alicyclic amines) is 3. The number of nitrogens with one attached hydrogen (secondary N) is 12. The fraction of sp³-hybridized carbons (Fsp3) is 0.712. The number of alkyl carbamates (subject to hydrolysis) is 2. The number of hydrogen-bond acceptors (Lipinski definition) is 21.